The van der Waals surface area contributed by atoms with E-state index in [4.69, 9.17) is 11.2 Å². The van der Waals surface area contributed by atoms with Crippen molar-refractivity contribution in [1.82, 2.24) is 10.2 Å². The van der Waals surface area contributed by atoms with E-state index >= 15 is 0 Å². The number of methoxy groups -OCH3 is 1. The van der Waals surface area contributed by atoms with Crippen molar-refractivity contribution in [2.24, 2.45) is 0 Å². The second-order valence-corrected chi connectivity index (χ2v) is 3.61. The topological polar surface area (TPSA) is 41.6 Å². The third-order valence-corrected chi connectivity index (χ3v) is 2.70. The highest BCUT2D eigenvalue weighted by Crippen LogP contribution is 2.11. The zero-order chi connectivity index (χ0) is 11.3. The highest BCUT2D eigenvalue weighted by molar-refractivity contribution is 5.82. The van der Waals surface area contributed by atoms with E-state index in [1.54, 1.807) is 12.0 Å². The Balaban J connectivity index is 2.50. The summed E-state index contributed by atoms with van der Waals surface area (Å²) in [5.41, 5.74) is 0. The predicted octanol–water partition coefficient (Wildman–Crippen LogP) is -0.155. The summed E-state index contributed by atoms with van der Waals surface area (Å²) in [6.45, 7) is 3.70. The van der Waals surface area contributed by atoms with E-state index in [1.807, 2.05) is 6.92 Å². The average Bonchev–Trinajstić information content (AvgIpc) is 2.73. The van der Waals surface area contributed by atoms with E-state index in [0.717, 1.165) is 13.0 Å². The van der Waals surface area contributed by atoms with Crippen LogP contribution in [0.1, 0.15) is 13.3 Å². The number of hydrogen-bond acceptors (Lipinski definition) is 3. The zero-order valence-electron chi connectivity index (χ0n) is 9.32. The first-order chi connectivity index (χ1) is 7.22. The number of ether oxygens (including phenoxy) is 1. The lowest BCUT2D eigenvalue weighted by Gasteiger charge is -2.21. The SMILES string of the molecule is C#CCN(CC)C(=O)C1CC(OC)CN1. The molecule has 1 heterocycles. The average molecular weight is 210 g/mol. The van der Waals surface area contributed by atoms with Crippen LogP contribution in [0.4, 0.5) is 0 Å². The summed E-state index contributed by atoms with van der Waals surface area (Å²) in [4.78, 5) is 13.6. The van der Waals surface area contributed by atoms with Crippen molar-refractivity contribution >= 4 is 5.91 Å². The number of nitrogens with zero attached hydrogens (tertiary/aromatic N) is 1. The summed E-state index contributed by atoms with van der Waals surface area (Å²) < 4.78 is 5.19. The molecule has 1 saturated heterocycles. The molecule has 0 bridgehead atoms. The highest BCUT2D eigenvalue weighted by Gasteiger charge is 2.31. The Kier molecular flexibility index (Phi) is 4.60. The van der Waals surface area contributed by atoms with Gasteiger partial charge in [-0.05, 0) is 13.3 Å². The van der Waals surface area contributed by atoms with Crippen LogP contribution in [0.2, 0.25) is 0 Å². The smallest absolute Gasteiger partial charge is 0.240 e. The van der Waals surface area contributed by atoms with Crippen molar-refractivity contribution in [2.75, 3.05) is 26.7 Å². The van der Waals surface area contributed by atoms with Crippen LogP contribution in [0, 0.1) is 12.3 Å². The first-order valence-electron chi connectivity index (χ1n) is 5.21. The van der Waals surface area contributed by atoms with Crippen LogP contribution >= 0.6 is 0 Å². The minimum Gasteiger partial charge on any atom is -0.380 e. The van der Waals surface area contributed by atoms with Gasteiger partial charge in [0.25, 0.3) is 0 Å². The second kappa shape index (κ2) is 5.74. The van der Waals surface area contributed by atoms with E-state index in [2.05, 4.69) is 11.2 Å². The molecule has 1 amide bonds. The van der Waals surface area contributed by atoms with Crippen molar-refractivity contribution in [1.29, 1.82) is 0 Å². The molecule has 0 aromatic heterocycles. The maximum Gasteiger partial charge on any atom is 0.240 e. The maximum absolute atomic E-state index is 11.9. The molecule has 1 aliphatic heterocycles. The van der Waals surface area contributed by atoms with Gasteiger partial charge in [0.2, 0.25) is 5.91 Å². The van der Waals surface area contributed by atoms with Crippen LogP contribution < -0.4 is 5.32 Å². The molecule has 1 rings (SSSR count). The molecule has 2 atom stereocenters. The summed E-state index contributed by atoms with van der Waals surface area (Å²) in [5, 5.41) is 3.15. The molecule has 0 spiro atoms. The minimum absolute atomic E-state index is 0.0787. The standard InChI is InChI=1S/C11H18N2O2/c1-4-6-13(5-2)11(14)10-7-9(15-3)8-12-10/h1,9-10,12H,5-8H2,2-3H3. The van der Waals surface area contributed by atoms with Gasteiger partial charge in [-0.15, -0.1) is 6.42 Å². The van der Waals surface area contributed by atoms with Gasteiger partial charge in [-0.25, -0.2) is 0 Å². The largest absolute Gasteiger partial charge is 0.380 e. The summed E-state index contributed by atoms with van der Waals surface area (Å²) in [6.07, 6.45) is 6.08. The van der Waals surface area contributed by atoms with Gasteiger partial charge in [0.15, 0.2) is 0 Å². The van der Waals surface area contributed by atoms with E-state index in [1.165, 1.54) is 0 Å². The van der Waals surface area contributed by atoms with Crippen LogP contribution in [0.15, 0.2) is 0 Å². The molecule has 0 aromatic carbocycles. The molecule has 1 aliphatic rings. The van der Waals surface area contributed by atoms with Gasteiger partial charge in [0, 0.05) is 20.2 Å². The maximum atomic E-state index is 11.9. The lowest BCUT2D eigenvalue weighted by molar-refractivity contribution is -0.132. The number of carbonyl (C=O) groups excluding carboxylic acids is 1. The van der Waals surface area contributed by atoms with Crippen LogP contribution in [-0.2, 0) is 9.53 Å². The van der Waals surface area contributed by atoms with Crippen molar-refractivity contribution in [3.63, 3.8) is 0 Å². The highest BCUT2D eigenvalue weighted by atomic mass is 16.5. The van der Waals surface area contributed by atoms with E-state index in [9.17, 15) is 4.79 Å². The van der Waals surface area contributed by atoms with Crippen LogP contribution in [0.5, 0.6) is 0 Å². The molecule has 4 heteroatoms. The van der Waals surface area contributed by atoms with Crippen molar-refractivity contribution in [3.8, 4) is 12.3 Å². The monoisotopic (exact) mass is 210 g/mol. The molecule has 1 fully saturated rings. The molecular formula is C11H18N2O2. The molecule has 15 heavy (non-hydrogen) atoms. The Morgan fingerprint density at radius 3 is 2.93 bits per heavy atom. The molecule has 0 aromatic rings. The molecule has 0 aliphatic carbocycles. The van der Waals surface area contributed by atoms with Gasteiger partial charge >= 0.3 is 0 Å². The molecule has 0 saturated carbocycles. The molecule has 2 unspecified atom stereocenters. The summed E-state index contributed by atoms with van der Waals surface area (Å²) in [7, 11) is 1.66. The van der Waals surface area contributed by atoms with Gasteiger partial charge in [-0.3, -0.25) is 4.79 Å². The van der Waals surface area contributed by atoms with E-state index in [0.29, 0.717) is 13.1 Å². The molecular weight excluding hydrogens is 192 g/mol. The Morgan fingerprint density at radius 2 is 2.47 bits per heavy atom. The summed E-state index contributed by atoms with van der Waals surface area (Å²) in [5.74, 6) is 2.57. The lowest BCUT2D eigenvalue weighted by atomic mass is 10.2. The van der Waals surface area contributed by atoms with Gasteiger partial charge in [0.1, 0.15) is 0 Å². The van der Waals surface area contributed by atoms with E-state index in [-0.39, 0.29) is 18.1 Å². The first kappa shape index (κ1) is 12.0. The third kappa shape index (κ3) is 2.95. The van der Waals surface area contributed by atoms with Gasteiger partial charge in [-0.1, -0.05) is 5.92 Å². The van der Waals surface area contributed by atoms with Gasteiger partial charge in [0.05, 0.1) is 18.7 Å². The third-order valence-electron chi connectivity index (χ3n) is 2.70. The number of amides is 1. The number of nitrogens with one attached hydrogen (secondary N) is 1. The number of carbonyl (C=O) groups is 1. The van der Waals surface area contributed by atoms with Crippen molar-refractivity contribution in [3.05, 3.63) is 0 Å². The fraction of sp³-hybridized carbons (Fsp3) is 0.727. The van der Waals surface area contributed by atoms with Crippen molar-refractivity contribution in [2.45, 2.75) is 25.5 Å². The van der Waals surface area contributed by atoms with E-state index < -0.39 is 0 Å². The minimum atomic E-state index is -0.136. The second-order valence-electron chi connectivity index (χ2n) is 3.61. The molecule has 0 radical (unpaired) electrons. The Bertz CT molecular complexity index is 260. The van der Waals surface area contributed by atoms with Gasteiger partial charge in [-0.2, -0.15) is 0 Å². The normalized spacial score (nSPS) is 24.9. The quantitative estimate of drug-likeness (QED) is 0.656. The fourth-order valence-corrected chi connectivity index (χ4v) is 1.75. The number of rotatable bonds is 4. The molecule has 84 valence electrons. The van der Waals surface area contributed by atoms with Gasteiger partial charge < -0.3 is 15.0 Å². The molecule has 4 nitrogen and oxygen atoms in total. The van der Waals surface area contributed by atoms with Crippen LogP contribution in [0.25, 0.3) is 0 Å². The molecule has 1 N–H and O–H groups in total. The van der Waals surface area contributed by atoms with Crippen LogP contribution in [-0.4, -0.2) is 49.7 Å². The Morgan fingerprint density at radius 1 is 1.73 bits per heavy atom. The van der Waals surface area contributed by atoms with Crippen molar-refractivity contribution < 1.29 is 9.53 Å². The Labute approximate surface area is 91.0 Å². The number of terminal acetylenes is 1. The predicted molar refractivity (Wildman–Crippen MR) is 58.3 cm³/mol. The zero-order valence-corrected chi connectivity index (χ0v) is 9.32. The van der Waals surface area contributed by atoms with Crippen LogP contribution in [0.3, 0.4) is 0 Å². The summed E-state index contributed by atoms with van der Waals surface area (Å²) in [6, 6.07) is -0.136. The number of hydrogen-bond donors (Lipinski definition) is 1. The summed E-state index contributed by atoms with van der Waals surface area (Å²) >= 11 is 0. The lowest BCUT2D eigenvalue weighted by Crippen LogP contribution is -2.43. The Hall–Kier alpha value is -1.05. The number of likely N-dealkylation sites (N-methyl/N-ethyl adjacent to an activating group) is 1. The first-order valence-corrected chi connectivity index (χ1v) is 5.21. The fourth-order valence-electron chi connectivity index (χ4n) is 1.75.